The smallest absolute Gasteiger partial charge is 0.263 e. The van der Waals surface area contributed by atoms with Gasteiger partial charge in [-0.15, -0.1) is 0 Å². The molecule has 160 valence electrons. The SMILES string of the molecule is CC(Oc1ccc(Cl)cc1)C(=O)N1CCN(C(c2ccccc2)c2ccccc2)CC1. The summed E-state index contributed by atoms with van der Waals surface area (Å²) in [6, 6.07) is 28.4. The lowest BCUT2D eigenvalue weighted by molar-refractivity contribution is -0.140. The lowest BCUT2D eigenvalue weighted by atomic mass is 9.96. The molecule has 1 aliphatic rings. The van der Waals surface area contributed by atoms with Gasteiger partial charge in [-0.2, -0.15) is 0 Å². The molecule has 0 radical (unpaired) electrons. The van der Waals surface area contributed by atoms with E-state index >= 15 is 0 Å². The third-order valence-corrected chi connectivity index (χ3v) is 5.95. The molecule has 1 aliphatic heterocycles. The number of benzene rings is 3. The van der Waals surface area contributed by atoms with Crippen LogP contribution in [0.15, 0.2) is 84.9 Å². The molecule has 1 saturated heterocycles. The molecule has 0 aliphatic carbocycles. The molecule has 0 bridgehead atoms. The van der Waals surface area contributed by atoms with Crippen LogP contribution in [0.1, 0.15) is 24.1 Å². The highest BCUT2D eigenvalue weighted by Gasteiger charge is 2.30. The molecule has 3 aromatic rings. The zero-order valence-electron chi connectivity index (χ0n) is 17.7. The van der Waals surface area contributed by atoms with E-state index in [4.69, 9.17) is 16.3 Å². The Morgan fingerprint density at radius 2 is 1.32 bits per heavy atom. The summed E-state index contributed by atoms with van der Waals surface area (Å²) < 4.78 is 5.83. The monoisotopic (exact) mass is 434 g/mol. The van der Waals surface area contributed by atoms with Gasteiger partial charge in [-0.1, -0.05) is 72.3 Å². The third kappa shape index (κ3) is 5.27. The van der Waals surface area contributed by atoms with Crippen LogP contribution < -0.4 is 4.74 Å². The minimum atomic E-state index is -0.535. The summed E-state index contributed by atoms with van der Waals surface area (Å²) in [6.07, 6.45) is -0.535. The predicted octanol–water partition coefficient (Wildman–Crippen LogP) is 5.04. The highest BCUT2D eigenvalue weighted by molar-refractivity contribution is 6.30. The van der Waals surface area contributed by atoms with E-state index in [2.05, 4.69) is 53.4 Å². The number of ether oxygens (including phenoxy) is 1. The van der Waals surface area contributed by atoms with Crippen LogP contribution in [0.5, 0.6) is 5.75 Å². The molecule has 1 amide bonds. The summed E-state index contributed by atoms with van der Waals surface area (Å²) in [5.74, 6) is 0.669. The van der Waals surface area contributed by atoms with Gasteiger partial charge in [0.15, 0.2) is 6.10 Å². The van der Waals surface area contributed by atoms with Crippen LogP contribution in [0, 0.1) is 0 Å². The lowest BCUT2D eigenvalue weighted by Gasteiger charge is -2.40. The summed E-state index contributed by atoms with van der Waals surface area (Å²) >= 11 is 5.92. The van der Waals surface area contributed by atoms with Crippen LogP contribution in [-0.2, 0) is 4.79 Å². The van der Waals surface area contributed by atoms with E-state index in [1.165, 1.54) is 11.1 Å². The number of amides is 1. The van der Waals surface area contributed by atoms with Gasteiger partial charge in [-0.3, -0.25) is 9.69 Å². The van der Waals surface area contributed by atoms with E-state index in [9.17, 15) is 4.79 Å². The average molecular weight is 435 g/mol. The fourth-order valence-corrected chi connectivity index (χ4v) is 4.24. The van der Waals surface area contributed by atoms with E-state index in [1.807, 2.05) is 17.0 Å². The van der Waals surface area contributed by atoms with Gasteiger partial charge in [0.1, 0.15) is 5.75 Å². The molecule has 31 heavy (non-hydrogen) atoms. The highest BCUT2D eigenvalue weighted by atomic mass is 35.5. The number of piperazine rings is 1. The number of hydrogen-bond donors (Lipinski definition) is 0. The van der Waals surface area contributed by atoms with Gasteiger partial charge >= 0.3 is 0 Å². The van der Waals surface area contributed by atoms with Gasteiger partial charge in [-0.05, 0) is 42.3 Å². The second kappa shape index (κ2) is 9.99. The van der Waals surface area contributed by atoms with Crippen molar-refractivity contribution in [3.63, 3.8) is 0 Å². The maximum absolute atomic E-state index is 12.9. The van der Waals surface area contributed by atoms with Crippen molar-refractivity contribution in [3.8, 4) is 5.75 Å². The van der Waals surface area contributed by atoms with Gasteiger partial charge < -0.3 is 9.64 Å². The summed E-state index contributed by atoms with van der Waals surface area (Å²) in [4.78, 5) is 17.3. The second-order valence-corrected chi connectivity index (χ2v) is 8.24. The summed E-state index contributed by atoms with van der Waals surface area (Å²) in [5.41, 5.74) is 2.54. The van der Waals surface area contributed by atoms with E-state index in [-0.39, 0.29) is 11.9 Å². The summed E-state index contributed by atoms with van der Waals surface area (Å²) in [7, 11) is 0. The number of rotatable bonds is 6. The van der Waals surface area contributed by atoms with Crippen molar-refractivity contribution < 1.29 is 9.53 Å². The number of nitrogens with zero attached hydrogens (tertiary/aromatic N) is 2. The molecular weight excluding hydrogens is 408 g/mol. The molecule has 4 nitrogen and oxygen atoms in total. The van der Waals surface area contributed by atoms with Crippen molar-refractivity contribution in [2.45, 2.75) is 19.1 Å². The van der Waals surface area contributed by atoms with Gasteiger partial charge in [0.05, 0.1) is 6.04 Å². The fraction of sp³-hybridized carbons (Fsp3) is 0.269. The Bertz CT molecular complexity index is 932. The maximum atomic E-state index is 12.9. The predicted molar refractivity (Wildman–Crippen MR) is 124 cm³/mol. The molecule has 0 saturated carbocycles. The van der Waals surface area contributed by atoms with Crippen LogP contribution in [-0.4, -0.2) is 48.0 Å². The first-order valence-electron chi connectivity index (χ1n) is 10.7. The molecule has 3 aromatic carbocycles. The molecule has 1 unspecified atom stereocenters. The Balaban J connectivity index is 1.41. The first-order valence-corrected chi connectivity index (χ1v) is 11.0. The molecule has 5 heteroatoms. The standard InChI is InChI=1S/C26H27ClN2O2/c1-20(31-24-14-12-23(27)13-15-24)26(30)29-18-16-28(17-19-29)25(21-8-4-2-5-9-21)22-10-6-3-7-11-22/h2-15,20,25H,16-19H2,1H3. The van der Waals surface area contributed by atoms with Crippen LogP contribution in [0.2, 0.25) is 5.02 Å². The number of hydrogen-bond acceptors (Lipinski definition) is 3. The van der Waals surface area contributed by atoms with E-state index in [0.717, 1.165) is 13.1 Å². The van der Waals surface area contributed by atoms with Crippen LogP contribution >= 0.6 is 11.6 Å². The maximum Gasteiger partial charge on any atom is 0.263 e. The molecule has 1 heterocycles. The zero-order valence-corrected chi connectivity index (χ0v) is 18.4. The lowest BCUT2D eigenvalue weighted by Crippen LogP contribution is -2.52. The van der Waals surface area contributed by atoms with Crippen molar-refractivity contribution in [2.75, 3.05) is 26.2 Å². The highest BCUT2D eigenvalue weighted by Crippen LogP contribution is 2.29. The quantitative estimate of drug-likeness (QED) is 0.544. The van der Waals surface area contributed by atoms with Crippen LogP contribution in [0.4, 0.5) is 0 Å². The van der Waals surface area contributed by atoms with E-state index in [0.29, 0.717) is 23.9 Å². The largest absolute Gasteiger partial charge is 0.481 e. The second-order valence-electron chi connectivity index (χ2n) is 7.80. The van der Waals surface area contributed by atoms with E-state index < -0.39 is 6.10 Å². The average Bonchev–Trinajstić information content (AvgIpc) is 2.82. The Kier molecular flexibility index (Phi) is 6.90. The number of carbonyl (C=O) groups is 1. The molecule has 4 rings (SSSR count). The van der Waals surface area contributed by atoms with Crippen LogP contribution in [0.25, 0.3) is 0 Å². The third-order valence-electron chi connectivity index (χ3n) is 5.70. The molecule has 0 aromatic heterocycles. The number of carbonyl (C=O) groups excluding carboxylic acids is 1. The molecule has 0 N–H and O–H groups in total. The normalized spacial score (nSPS) is 15.6. The molecular formula is C26H27ClN2O2. The number of halogens is 1. The van der Waals surface area contributed by atoms with Crippen LogP contribution in [0.3, 0.4) is 0 Å². The van der Waals surface area contributed by atoms with Crippen molar-refractivity contribution in [2.24, 2.45) is 0 Å². The van der Waals surface area contributed by atoms with Crippen molar-refractivity contribution >= 4 is 17.5 Å². The Morgan fingerprint density at radius 1 is 0.806 bits per heavy atom. The van der Waals surface area contributed by atoms with Crippen molar-refractivity contribution in [3.05, 3.63) is 101 Å². The molecule has 1 fully saturated rings. The van der Waals surface area contributed by atoms with Crippen molar-refractivity contribution in [1.29, 1.82) is 0 Å². The van der Waals surface area contributed by atoms with Crippen molar-refractivity contribution in [1.82, 2.24) is 9.80 Å². The van der Waals surface area contributed by atoms with Gasteiger partial charge in [-0.25, -0.2) is 0 Å². The fourth-order valence-electron chi connectivity index (χ4n) is 4.11. The first kappa shape index (κ1) is 21.4. The van der Waals surface area contributed by atoms with Gasteiger partial charge in [0, 0.05) is 31.2 Å². The summed E-state index contributed by atoms with van der Waals surface area (Å²) in [5, 5.41) is 0.647. The Hall–Kier alpha value is -2.82. The van der Waals surface area contributed by atoms with Gasteiger partial charge in [0.25, 0.3) is 5.91 Å². The molecule has 1 atom stereocenters. The topological polar surface area (TPSA) is 32.8 Å². The Labute approximate surface area is 189 Å². The van der Waals surface area contributed by atoms with E-state index in [1.54, 1.807) is 31.2 Å². The first-order chi connectivity index (χ1) is 15.1. The zero-order chi connectivity index (χ0) is 21.6. The van der Waals surface area contributed by atoms with Gasteiger partial charge in [0.2, 0.25) is 0 Å². The Morgan fingerprint density at radius 3 is 1.84 bits per heavy atom. The molecule has 0 spiro atoms. The minimum Gasteiger partial charge on any atom is -0.481 e. The minimum absolute atomic E-state index is 0.0190. The summed E-state index contributed by atoms with van der Waals surface area (Å²) in [6.45, 7) is 4.80.